The molecule has 2 heterocycles. The Bertz CT molecular complexity index is 988. The highest BCUT2D eigenvalue weighted by Gasteiger charge is 2.36. The SMILES string of the molecule is C=C(c1nc(N)cc2c(N[C@@H]3CC[C@@H](N4CCCOCCC4)C[C@@H]3F)cccc12)C(F)(F)F. The first-order chi connectivity index (χ1) is 15.7. The highest BCUT2D eigenvalue weighted by Crippen LogP contribution is 2.38. The number of anilines is 2. The number of fused-ring (bicyclic) bond motifs is 1. The van der Waals surface area contributed by atoms with Gasteiger partial charge in [0.1, 0.15) is 12.0 Å². The monoisotopic (exact) mass is 466 g/mol. The highest BCUT2D eigenvalue weighted by atomic mass is 19.4. The molecule has 1 saturated heterocycles. The van der Waals surface area contributed by atoms with Crippen LogP contribution in [0.3, 0.4) is 0 Å². The average Bonchev–Trinajstić information content (AvgIpc) is 2.73. The number of nitrogens with two attached hydrogens (primary N) is 1. The molecule has 1 aliphatic carbocycles. The molecule has 2 fully saturated rings. The maximum absolute atomic E-state index is 15.2. The van der Waals surface area contributed by atoms with Crippen molar-refractivity contribution in [1.82, 2.24) is 9.88 Å². The van der Waals surface area contributed by atoms with Gasteiger partial charge in [-0.05, 0) is 44.2 Å². The quantitative estimate of drug-likeness (QED) is 0.609. The first kappa shape index (κ1) is 23.8. The Hall–Kier alpha value is -2.39. The number of nitrogen functional groups attached to an aromatic ring is 1. The Morgan fingerprint density at radius 1 is 1.15 bits per heavy atom. The number of aromatic nitrogens is 1. The Morgan fingerprint density at radius 3 is 2.55 bits per heavy atom. The van der Waals surface area contributed by atoms with Gasteiger partial charge in [-0.25, -0.2) is 9.37 Å². The van der Waals surface area contributed by atoms with Crippen molar-refractivity contribution in [1.29, 1.82) is 0 Å². The van der Waals surface area contributed by atoms with E-state index in [-0.39, 0.29) is 22.9 Å². The summed E-state index contributed by atoms with van der Waals surface area (Å²) < 4.78 is 60.7. The molecule has 0 amide bonds. The summed E-state index contributed by atoms with van der Waals surface area (Å²) in [5.74, 6) is -0.0429. The topological polar surface area (TPSA) is 63.4 Å². The van der Waals surface area contributed by atoms with Crippen molar-refractivity contribution in [2.24, 2.45) is 0 Å². The van der Waals surface area contributed by atoms with Crippen LogP contribution < -0.4 is 11.1 Å². The van der Waals surface area contributed by atoms with Gasteiger partial charge in [0.25, 0.3) is 0 Å². The van der Waals surface area contributed by atoms with Gasteiger partial charge in [-0.15, -0.1) is 0 Å². The summed E-state index contributed by atoms with van der Waals surface area (Å²) in [6, 6.07) is 6.22. The molecule has 5 nitrogen and oxygen atoms in total. The van der Waals surface area contributed by atoms with Crippen molar-refractivity contribution in [3.05, 3.63) is 36.5 Å². The smallest absolute Gasteiger partial charge is 0.384 e. The predicted octanol–water partition coefficient (Wildman–Crippen LogP) is 5.18. The van der Waals surface area contributed by atoms with Crippen molar-refractivity contribution in [3.63, 3.8) is 0 Å². The van der Waals surface area contributed by atoms with Gasteiger partial charge in [0.2, 0.25) is 0 Å². The largest absolute Gasteiger partial charge is 0.417 e. The van der Waals surface area contributed by atoms with Crippen LogP contribution in [0.2, 0.25) is 0 Å². The lowest BCUT2D eigenvalue weighted by atomic mass is 9.88. The first-order valence-electron chi connectivity index (χ1n) is 11.4. The Kier molecular flexibility index (Phi) is 7.09. The second-order valence-electron chi connectivity index (χ2n) is 8.86. The van der Waals surface area contributed by atoms with Crippen LogP contribution in [0.4, 0.5) is 29.1 Å². The molecule has 1 aliphatic heterocycles. The molecule has 1 saturated carbocycles. The van der Waals surface area contributed by atoms with Crippen LogP contribution >= 0.6 is 0 Å². The van der Waals surface area contributed by atoms with Gasteiger partial charge < -0.3 is 20.7 Å². The van der Waals surface area contributed by atoms with Crippen LogP contribution in [-0.4, -0.2) is 60.6 Å². The number of ether oxygens (including phenoxy) is 1. The van der Waals surface area contributed by atoms with Crippen molar-refractivity contribution in [3.8, 4) is 0 Å². The van der Waals surface area contributed by atoms with E-state index in [0.29, 0.717) is 23.9 Å². The summed E-state index contributed by atoms with van der Waals surface area (Å²) in [5, 5.41) is 4.00. The van der Waals surface area contributed by atoms with Crippen molar-refractivity contribution < 1.29 is 22.3 Å². The van der Waals surface area contributed by atoms with Gasteiger partial charge in [0, 0.05) is 48.8 Å². The molecule has 3 atom stereocenters. The minimum atomic E-state index is -4.63. The maximum atomic E-state index is 15.2. The molecule has 33 heavy (non-hydrogen) atoms. The summed E-state index contributed by atoms with van der Waals surface area (Å²) in [6.45, 7) is 6.49. The minimum absolute atomic E-state index is 0.0429. The molecule has 1 aromatic heterocycles. The second kappa shape index (κ2) is 9.85. The molecule has 9 heteroatoms. The molecule has 180 valence electrons. The third-order valence-electron chi connectivity index (χ3n) is 6.59. The van der Waals surface area contributed by atoms with Gasteiger partial charge in [-0.3, -0.25) is 0 Å². The van der Waals surface area contributed by atoms with Crippen molar-refractivity contribution >= 4 is 27.9 Å². The molecule has 1 aromatic carbocycles. The summed E-state index contributed by atoms with van der Waals surface area (Å²) in [5.41, 5.74) is 5.01. The van der Waals surface area contributed by atoms with E-state index in [1.807, 2.05) is 0 Å². The molecular formula is C24H30F4N4O. The van der Waals surface area contributed by atoms with E-state index >= 15 is 4.39 Å². The number of allylic oxidation sites excluding steroid dienone is 1. The normalized spacial score (nSPS) is 25.4. The van der Waals surface area contributed by atoms with E-state index in [2.05, 4.69) is 21.8 Å². The number of nitrogens with zero attached hydrogens (tertiary/aromatic N) is 2. The number of benzene rings is 1. The van der Waals surface area contributed by atoms with E-state index in [4.69, 9.17) is 10.5 Å². The number of alkyl halides is 4. The van der Waals surface area contributed by atoms with Crippen LogP contribution in [0.1, 0.15) is 37.8 Å². The zero-order valence-corrected chi connectivity index (χ0v) is 18.5. The van der Waals surface area contributed by atoms with E-state index in [1.54, 1.807) is 18.2 Å². The van der Waals surface area contributed by atoms with E-state index in [1.165, 1.54) is 6.07 Å². The molecule has 0 radical (unpaired) electrons. The third-order valence-corrected chi connectivity index (χ3v) is 6.59. The summed E-state index contributed by atoms with van der Waals surface area (Å²) in [7, 11) is 0. The standard InChI is InChI=1S/C24H30F4N4O/c1-15(24(26,27)28)23-17-5-2-6-20(18(17)14-22(29)31-23)30-21-8-7-16(13-19(21)25)32-9-3-11-33-12-4-10-32/h2,5-6,14,16,19,21,30H,1,3-4,7-13H2,(H2,29,31)/t16-,19+,21-/m1/s1. The zero-order valence-electron chi connectivity index (χ0n) is 18.5. The fraction of sp³-hybridized carbons (Fsp3) is 0.542. The highest BCUT2D eigenvalue weighted by molar-refractivity contribution is 6.01. The van der Waals surface area contributed by atoms with Crippen LogP contribution in [0.25, 0.3) is 16.3 Å². The van der Waals surface area contributed by atoms with Crippen LogP contribution in [0.15, 0.2) is 30.8 Å². The number of pyridine rings is 1. The van der Waals surface area contributed by atoms with E-state index < -0.39 is 24.0 Å². The number of nitrogens with one attached hydrogen (secondary N) is 1. The van der Waals surface area contributed by atoms with Gasteiger partial charge in [0.05, 0.1) is 17.3 Å². The van der Waals surface area contributed by atoms with Crippen molar-refractivity contribution in [2.45, 2.75) is 56.5 Å². The van der Waals surface area contributed by atoms with Gasteiger partial charge in [-0.1, -0.05) is 18.7 Å². The molecule has 0 spiro atoms. The van der Waals surface area contributed by atoms with Gasteiger partial charge in [0.15, 0.2) is 0 Å². The number of hydrogen-bond acceptors (Lipinski definition) is 5. The third kappa shape index (κ3) is 5.41. The maximum Gasteiger partial charge on any atom is 0.417 e. The Labute approximate surface area is 191 Å². The predicted molar refractivity (Wildman–Crippen MR) is 123 cm³/mol. The zero-order chi connectivity index (χ0) is 23.6. The lowest BCUT2D eigenvalue weighted by Gasteiger charge is -2.40. The molecule has 2 aromatic rings. The minimum Gasteiger partial charge on any atom is -0.384 e. The van der Waals surface area contributed by atoms with Crippen LogP contribution in [0, 0.1) is 0 Å². The number of halogens is 4. The Morgan fingerprint density at radius 2 is 1.88 bits per heavy atom. The molecule has 3 N–H and O–H groups in total. The number of rotatable bonds is 4. The van der Waals surface area contributed by atoms with E-state index in [9.17, 15) is 13.2 Å². The first-order valence-corrected chi connectivity index (χ1v) is 11.4. The van der Waals surface area contributed by atoms with Crippen molar-refractivity contribution in [2.75, 3.05) is 37.4 Å². The Balaban J connectivity index is 1.52. The molecule has 4 rings (SSSR count). The summed E-state index contributed by atoms with van der Waals surface area (Å²) >= 11 is 0. The lowest BCUT2D eigenvalue weighted by molar-refractivity contribution is -0.0688. The summed E-state index contributed by atoms with van der Waals surface area (Å²) in [4.78, 5) is 6.27. The lowest BCUT2D eigenvalue weighted by Crippen LogP contribution is -2.47. The molecule has 2 aliphatic rings. The van der Waals surface area contributed by atoms with Gasteiger partial charge in [-0.2, -0.15) is 13.2 Å². The number of hydrogen-bond donors (Lipinski definition) is 2. The fourth-order valence-electron chi connectivity index (χ4n) is 4.89. The van der Waals surface area contributed by atoms with Crippen LogP contribution in [0.5, 0.6) is 0 Å². The summed E-state index contributed by atoms with van der Waals surface area (Å²) in [6.07, 6.45) is -1.86. The van der Waals surface area contributed by atoms with Gasteiger partial charge >= 0.3 is 6.18 Å². The second-order valence-corrected chi connectivity index (χ2v) is 8.86. The fourth-order valence-corrected chi connectivity index (χ4v) is 4.89. The molecule has 0 unspecified atom stereocenters. The van der Waals surface area contributed by atoms with E-state index in [0.717, 1.165) is 45.6 Å². The average molecular weight is 467 g/mol. The molecule has 0 bridgehead atoms. The molecular weight excluding hydrogens is 436 g/mol. The van der Waals surface area contributed by atoms with Crippen LogP contribution in [-0.2, 0) is 4.74 Å².